The van der Waals surface area contributed by atoms with Crippen LogP contribution in [0.25, 0.3) is 0 Å². The fourth-order valence-electron chi connectivity index (χ4n) is 8.20. The number of carbonyl (C=O) groups is 1. The molecule has 220 valence electrons. The van der Waals surface area contributed by atoms with E-state index in [1.165, 1.54) is 145 Å². The van der Waals surface area contributed by atoms with Gasteiger partial charge in [-0.15, -0.1) is 6.92 Å². The fraction of sp³-hybridized carbons (Fsp3) is 0.857. The number of hydrogen-bond donors (Lipinski definition) is 0. The van der Waals surface area contributed by atoms with Gasteiger partial charge in [-0.25, -0.2) is 10.4 Å². The Hall–Kier alpha value is -0.536. The molecule has 0 atom stereocenters. The summed E-state index contributed by atoms with van der Waals surface area (Å²) in [4.78, 5) is 19.3. The third kappa shape index (κ3) is 8.50. The second-order valence-corrected chi connectivity index (χ2v) is 13.9. The summed E-state index contributed by atoms with van der Waals surface area (Å²) in [6.07, 6.45) is 29.6. The molecule has 4 saturated carbocycles. The third-order valence-electron chi connectivity index (χ3n) is 10.9. The first-order chi connectivity index (χ1) is 18.3. The van der Waals surface area contributed by atoms with Crippen LogP contribution in [0.4, 0.5) is 4.79 Å². The maximum absolute atomic E-state index is 14.3. The topological polar surface area (TPSA) is 23.6 Å². The maximum atomic E-state index is 14.3. The molecule has 0 bridgehead atoms. The Morgan fingerprint density at radius 3 is 1.05 bits per heavy atom. The number of rotatable bonds is 4. The molecule has 0 unspecified atom stereocenters. The van der Waals surface area contributed by atoms with Crippen LogP contribution in [0.2, 0.25) is 0 Å². The molecular weight excluding hydrogens is 512 g/mol. The average molecular weight is 572 g/mol. The van der Waals surface area contributed by atoms with E-state index in [1.54, 1.807) is 0 Å². The zero-order chi connectivity index (χ0) is 27.1. The van der Waals surface area contributed by atoms with Gasteiger partial charge >= 0.3 is 6.03 Å². The van der Waals surface area contributed by atoms with Crippen LogP contribution in [0.5, 0.6) is 0 Å². The van der Waals surface area contributed by atoms with E-state index in [0.717, 1.165) is 0 Å². The zero-order valence-corrected chi connectivity index (χ0v) is 27.8. The second kappa shape index (κ2) is 15.6. The number of allylic oxidation sites excluding steroid dienone is 4. The molecule has 0 spiro atoms. The van der Waals surface area contributed by atoms with Crippen molar-refractivity contribution in [3.8, 4) is 0 Å². The summed E-state index contributed by atoms with van der Waals surface area (Å²) in [5, 5.41) is 0. The van der Waals surface area contributed by atoms with Gasteiger partial charge in [0.2, 0.25) is 0 Å². The first-order valence-electron chi connectivity index (χ1n) is 16.7. The van der Waals surface area contributed by atoms with Crippen LogP contribution < -0.4 is 0 Å². The van der Waals surface area contributed by atoms with E-state index in [0.29, 0.717) is 30.2 Å². The zero-order valence-electron chi connectivity index (χ0n) is 26.3. The Balaban J connectivity index is 0.000000324. The summed E-state index contributed by atoms with van der Waals surface area (Å²) in [5.74, 6) is 0. The Bertz CT molecular complexity index is 744. The molecule has 0 aromatic carbocycles. The Kier molecular flexibility index (Phi) is 13.2. The van der Waals surface area contributed by atoms with Crippen molar-refractivity contribution in [2.24, 2.45) is 5.41 Å². The van der Waals surface area contributed by atoms with Crippen LogP contribution in [-0.2, 0) is 21.7 Å². The van der Waals surface area contributed by atoms with Gasteiger partial charge in [-0.2, -0.15) is 11.1 Å². The van der Waals surface area contributed by atoms with Gasteiger partial charge in [-0.1, -0.05) is 110 Å². The van der Waals surface area contributed by atoms with Gasteiger partial charge in [0.1, 0.15) is 0 Å². The molecule has 5 rings (SSSR count). The van der Waals surface area contributed by atoms with Crippen molar-refractivity contribution in [1.82, 2.24) is 9.80 Å². The normalized spacial score (nSPS) is 25.3. The number of amides is 2. The summed E-state index contributed by atoms with van der Waals surface area (Å²) >= 11 is 0. The Morgan fingerprint density at radius 1 is 0.590 bits per heavy atom. The van der Waals surface area contributed by atoms with Crippen LogP contribution in [-0.4, -0.2) is 40.0 Å². The minimum absolute atomic E-state index is 0. The molecule has 4 fully saturated rings. The molecule has 3 nitrogen and oxygen atoms in total. The molecule has 2 amide bonds. The number of urea groups is 1. The van der Waals surface area contributed by atoms with E-state index in [1.807, 2.05) is 0 Å². The van der Waals surface area contributed by atoms with Crippen molar-refractivity contribution in [3.63, 3.8) is 0 Å². The van der Waals surface area contributed by atoms with Crippen molar-refractivity contribution in [3.05, 3.63) is 22.8 Å². The molecule has 0 aromatic heterocycles. The van der Waals surface area contributed by atoms with Crippen LogP contribution in [0.3, 0.4) is 0 Å². The monoisotopic (exact) mass is 571 g/mol. The van der Waals surface area contributed by atoms with Crippen LogP contribution in [0.15, 0.2) is 16.7 Å². The second-order valence-electron chi connectivity index (χ2n) is 13.9. The summed E-state index contributed by atoms with van der Waals surface area (Å²) in [6.45, 7) is 10.9. The molecule has 39 heavy (non-hydrogen) atoms. The van der Waals surface area contributed by atoms with Crippen LogP contribution in [0.1, 0.15) is 163 Å². The predicted octanol–water partition coefficient (Wildman–Crippen LogP) is 10.2. The predicted molar refractivity (Wildman–Crippen MR) is 161 cm³/mol. The van der Waals surface area contributed by atoms with Crippen molar-refractivity contribution in [2.45, 2.75) is 187 Å². The van der Waals surface area contributed by atoms with Gasteiger partial charge in [-0.05, 0) is 51.4 Å². The number of carbonyl (C=O) groups excluding carboxylic acids is 1. The smallest absolute Gasteiger partial charge is 0.319 e. The molecule has 0 heterocycles. The van der Waals surface area contributed by atoms with Gasteiger partial charge in [0.05, 0.1) is 0 Å². The minimum Gasteiger partial charge on any atom is -0.319 e. The SMILES string of the molecule is CC1=[C-]C(C)(C)C(C)=C1C.O=C(N(C1CCCCC1)C1CCCCC1)N(C1CCCCC1)C1CCCCC1.[Ti]. The summed E-state index contributed by atoms with van der Waals surface area (Å²) < 4.78 is 0. The third-order valence-corrected chi connectivity index (χ3v) is 10.9. The van der Waals surface area contributed by atoms with E-state index in [2.05, 4.69) is 50.5 Å². The van der Waals surface area contributed by atoms with Gasteiger partial charge in [0, 0.05) is 45.9 Å². The van der Waals surface area contributed by atoms with Crippen molar-refractivity contribution in [2.75, 3.05) is 0 Å². The summed E-state index contributed by atoms with van der Waals surface area (Å²) in [7, 11) is 0. The largest absolute Gasteiger partial charge is 0.321 e. The molecule has 0 saturated heterocycles. The summed E-state index contributed by atoms with van der Waals surface area (Å²) in [6, 6.07) is 2.58. The van der Waals surface area contributed by atoms with Crippen molar-refractivity contribution >= 4 is 6.03 Å². The first-order valence-corrected chi connectivity index (χ1v) is 16.7. The van der Waals surface area contributed by atoms with E-state index in [-0.39, 0.29) is 27.1 Å². The molecule has 0 aliphatic heterocycles. The number of nitrogens with zero attached hydrogens (tertiary/aromatic N) is 2. The van der Waals surface area contributed by atoms with Gasteiger partial charge in [0.15, 0.2) is 0 Å². The van der Waals surface area contributed by atoms with Crippen LogP contribution in [0, 0.1) is 11.5 Å². The van der Waals surface area contributed by atoms with E-state index >= 15 is 0 Å². The van der Waals surface area contributed by atoms with E-state index in [4.69, 9.17) is 0 Å². The van der Waals surface area contributed by atoms with Gasteiger partial charge < -0.3 is 9.80 Å². The van der Waals surface area contributed by atoms with Crippen molar-refractivity contribution in [1.29, 1.82) is 0 Å². The summed E-state index contributed by atoms with van der Waals surface area (Å²) in [5.41, 5.74) is 4.39. The Labute approximate surface area is 256 Å². The standard InChI is InChI=1S/C25H44N2O.C10H15.Ti/c28-25(26(21-13-5-1-6-14-21)22-15-7-2-8-16-22)27(23-17-9-3-10-18-23)24-19-11-4-12-20-24;1-7-6-10(4,5)9(3)8(7)2;/h21-24H,1-20H2;1-5H3;/q;-1;. The van der Waals surface area contributed by atoms with Gasteiger partial charge in [0.25, 0.3) is 0 Å². The molecule has 5 aliphatic carbocycles. The van der Waals surface area contributed by atoms with Gasteiger partial charge in [-0.3, -0.25) is 6.08 Å². The quantitative estimate of drug-likeness (QED) is 0.243. The maximum Gasteiger partial charge on any atom is 0.321 e. The molecular formula is C35H59N2OTi-. The molecule has 0 N–H and O–H groups in total. The fourth-order valence-corrected chi connectivity index (χ4v) is 8.20. The molecule has 0 radical (unpaired) electrons. The van der Waals surface area contributed by atoms with E-state index in [9.17, 15) is 4.79 Å². The Morgan fingerprint density at radius 2 is 0.872 bits per heavy atom. The molecule has 4 heteroatoms. The van der Waals surface area contributed by atoms with E-state index < -0.39 is 0 Å². The average Bonchev–Trinajstić information content (AvgIpc) is 3.12. The number of hydrogen-bond acceptors (Lipinski definition) is 1. The first kappa shape index (κ1) is 33.0. The molecule has 5 aliphatic rings. The van der Waals surface area contributed by atoms with Crippen LogP contribution >= 0.6 is 0 Å². The van der Waals surface area contributed by atoms with Crippen molar-refractivity contribution < 1.29 is 26.5 Å². The minimum atomic E-state index is 0. The molecule has 0 aromatic rings.